The predicted molar refractivity (Wildman–Crippen MR) is 115 cm³/mol. The first kappa shape index (κ1) is 18.7. The van der Waals surface area contributed by atoms with Gasteiger partial charge in [0, 0.05) is 23.4 Å². The molecule has 0 unspecified atom stereocenters. The minimum absolute atomic E-state index is 0.140. The second kappa shape index (κ2) is 7.80. The van der Waals surface area contributed by atoms with E-state index in [0.717, 1.165) is 28.0 Å². The molecule has 1 aromatic heterocycles. The zero-order valence-electron chi connectivity index (χ0n) is 16.8. The van der Waals surface area contributed by atoms with Gasteiger partial charge in [-0.15, -0.1) is 0 Å². The second-order valence-corrected chi connectivity index (χ2v) is 7.16. The SMILES string of the molecule is COc1ccccc1CNC(=O)c1ccc2c(c1)ncn2-c1cc(C)cc(C)c1. The molecule has 4 rings (SSSR count). The van der Waals surface area contributed by atoms with Crippen LogP contribution in [-0.2, 0) is 6.54 Å². The lowest BCUT2D eigenvalue weighted by molar-refractivity contribution is 0.0951. The quantitative estimate of drug-likeness (QED) is 0.547. The minimum atomic E-state index is -0.140. The van der Waals surface area contributed by atoms with Gasteiger partial charge in [-0.2, -0.15) is 0 Å². The highest BCUT2D eigenvalue weighted by Crippen LogP contribution is 2.22. The first-order valence-electron chi connectivity index (χ1n) is 9.51. The largest absolute Gasteiger partial charge is 0.496 e. The molecule has 0 saturated carbocycles. The highest BCUT2D eigenvalue weighted by molar-refractivity contribution is 5.97. The third kappa shape index (κ3) is 3.85. The molecule has 5 nitrogen and oxygen atoms in total. The number of carbonyl (C=O) groups is 1. The van der Waals surface area contributed by atoms with Gasteiger partial charge in [-0.25, -0.2) is 4.98 Å². The molecule has 1 N–H and O–H groups in total. The summed E-state index contributed by atoms with van der Waals surface area (Å²) in [5.41, 5.74) is 6.74. The standard InChI is InChI=1S/C24H23N3O2/c1-16-10-17(2)12-20(11-16)27-15-26-21-13-18(8-9-22(21)27)24(28)25-14-19-6-4-5-7-23(19)29-3/h4-13,15H,14H2,1-3H3,(H,25,28). The average molecular weight is 385 g/mol. The number of para-hydroxylation sites is 1. The molecule has 0 aliphatic carbocycles. The second-order valence-electron chi connectivity index (χ2n) is 7.16. The van der Waals surface area contributed by atoms with E-state index in [2.05, 4.69) is 42.3 Å². The van der Waals surface area contributed by atoms with Gasteiger partial charge in [0.25, 0.3) is 5.91 Å². The summed E-state index contributed by atoms with van der Waals surface area (Å²) in [5.74, 6) is 0.620. The number of nitrogens with one attached hydrogen (secondary N) is 1. The molecule has 4 aromatic rings. The summed E-state index contributed by atoms with van der Waals surface area (Å²) >= 11 is 0. The summed E-state index contributed by atoms with van der Waals surface area (Å²) in [7, 11) is 1.63. The summed E-state index contributed by atoms with van der Waals surface area (Å²) in [6.07, 6.45) is 1.80. The monoisotopic (exact) mass is 385 g/mol. The number of methoxy groups -OCH3 is 1. The molecular weight excluding hydrogens is 362 g/mol. The molecule has 0 spiro atoms. The molecular formula is C24H23N3O2. The predicted octanol–water partition coefficient (Wildman–Crippen LogP) is 4.58. The molecule has 3 aromatic carbocycles. The van der Waals surface area contributed by atoms with Crippen molar-refractivity contribution < 1.29 is 9.53 Å². The Labute approximate surface area is 170 Å². The Morgan fingerprint density at radius 3 is 2.55 bits per heavy atom. The molecule has 0 bridgehead atoms. The molecule has 1 heterocycles. The van der Waals surface area contributed by atoms with Gasteiger partial charge in [0.05, 0.1) is 18.1 Å². The fourth-order valence-corrected chi connectivity index (χ4v) is 3.58. The van der Waals surface area contributed by atoms with E-state index in [4.69, 9.17) is 4.74 Å². The third-order valence-electron chi connectivity index (χ3n) is 4.93. The zero-order chi connectivity index (χ0) is 20.4. The van der Waals surface area contributed by atoms with Crippen molar-refractivity contribution in [3.8, 4) is 11.4 Å². The lowest BCUT2D eigenvalue weighted by Crippen LogP contribution is -2.23. The number of hydrogen-bond acceptors (Lipinski definition) is 3. The van der Waals surface area contributed by atoms with Crippen molar-refractivity contribution in [1.82, 2.24) is 14.9 Å². The van der Waals surface area contributed by atoms with Gasteiger partial charge >= 0.3 is 0 Å². The molecule has 29 heavy (non-hydrogen) atoms. The molecule has 0 fully saturated rings. The van der Waals surface area contributed by atoms with Crippen LogP contribution in [0.2, 0.25) is 0 Å². The molecule has 0 aliphatic heterocycles. The Bertz CT molecular complexity index is 1170. The normalized spacial score (nSPS) is 10.9. The Hall–Kier alpha value is -3.60. The van der Waals surface area contributed by atoms with E-state index < -0.39 is 0 Å². The lowest BCUT2D eigenvalue weighted by atomic mass is 10.1. The summed E-state index contributed by atoms with van der Waals surface area (Å²) in [6, 6.07) is 19.7. The average Bonchev–Trinajstić information content (AvgIpc) is 3.14. The van der Waals surface area contributed by atoms with Gasteiger partial charge in [-0.1, -0.05) is 24.3 Å². The topological polar surface area (TPSA) is 56.1 Å². The number of aryl methyl sites for hydroxylation is 2. The summed E-state index contributed by atoms with van der Waals surface area (Å²) in [6.45, 7) is 4.57. The maximum absolute atomic E-state index is 12.6. The molecule has 0 radical (unpaired) electrons. The number of carbonyl (C=O) groups excluding carboxylic acids is 1. The highest BCUT2D eigenvalue weighted by atomic mass is 16.5. The van der Waals surface area contributed by atoms with E-state index in [1.165, 1.54) is 11.1 Å². The van der Waals surface area contributed by atoms with Crippen LogP contribution in [0.1, 0.15) is 27.0 Å². The van der Waals surface area contributed by atoms with Crippen LogP contribution in [0.15, 0.2) is 67.0 Å². The van der Waals surface area contributed by atoms with Crippen molar-refractivity contribution in [2.45, 2.75) is 20.4 Å². The Morgan fingerprint density at radius 2 is 1.79 bits per heavy atom. The van der Waals surface area contributed by atoms with Crippen LogP contribution >= 0.6 is 0 Å². The third-order valence-corrected chi connectivity index (χ3v) is 4.93. The number of fused-ring (bicyclic) bond motifs is 1. The number of aromatic nitrogens is 2. The van der Waals surface area contributed by atoms with E-state index in [1.807, 2.05) is 47.0 Å². The molecule has 5 heteroatoms. The van der Waals surface area contributed by atoms with Crippen LogP contribution < -0.4 is 10.1 Å². The van der Waals surface area contributed by atoms with Crippen LogP contribution in [-0.4, -0.2) is 22.6 Å². The van der Waals surface area contributed by atoms with Gasteiger partial charge in [0.15, 0.2) is 0 Å². The van der Waals surface area contributed by atoms with Gasteiger partial charge < -0.3 is 10.1 Å². The van der Waals surface area contributed by atoms with Crippen molar-refractivity contribution >= 4 is 16.9 Å². The van der Waals surface area contributed by atoms with E-state index >= 15 is 0 Å². The van der Waals surface area contributed by atoms with Crippen molar-refractivity contribution in [2.75, 3.05) is 7.11 Å². The Balaban J connectivity index is 1.57. The van der Waals surface area contributed by atoms with E-state index in [0.29, 0.717) is 12.1 Å². The first-order chi connectivity index (χ1) is 14.0. The van der Waals surface area contributed by atoms with Crippen LogP contribution in [0.4, 0.5) is 0 Å². The van der Waals surface area contributed by atoms with Gasteiger partial charge in [-0.3, -0.25) is 9.36 Å². The number of nitrogens with zero attached hydrogens (tertiary/aromatic N) is 2. The maximum atomic E-state index is 12.6. The number of ether oxygens (including phenoxy) is 1. The fraction of sp³-hybridized carbons (Fsp3) is 0.167. The fourth-order valence-electron chi connectivity index (χ4n) is 3.58. The first-order valence-corrected chi connectivity index (χ1v) is 9.51. The zero-order valence-corrected chi connectivity index (χ0v) is 16.8. The summed E-state index contributed by atoms with van der Waals surface area (Å²) < 4.78 is 7.39. The van der Waals surface area contributed by atoms with E-state index in [9.17, 15) is 4.79 Å². The summed E-state index contributed by atoms with van der Waals surface area (Å²) in [4.78, 5) is 17.1. The number of amides is 1. The molecule has 0 saturated heterocycles. The van der Waals surface area contributed by atoms with Crippen molar-refractivity contribution in [1.29, 1.82) is 0 Å². The number of rotatable bonds is 5. The Kier molecular flexibility index (Phi) is 5.04. The maximum Gasteiger partial charge on any atom is 0.251 e. The van der Waals surface area contributed by atoms with Crippen LogP contribution in [0.25, 0.3) is 16.7 Å². The smallest absolute Gasteiger partial charge is 0.251 e. The minimum Gasteiger partial charge on any atom is -0.496 e. The Morgan fingerprint density at radius 1 is 1.03 bits per heavy atom. The molecule has 0 aliphatic rings. The van der Waals surface area contributed by atoms with E-state index in [1.54, 1.807) is 13.4 Å². The number of imidazole rings is 1. The van der Waals surface area contributed by atoms with Gasteiger partial charge in [0.1, 0.15) is 12.1 Å². The van der Waals surface area contributed by atoms with Crippen LogP contribution in [0.3, 0.4) is 0 Å². The van der Waals surface area contributed by atoms with E-state index in [-0.39, 0.29) is 5.91 Å². The van der Waals surface area contributed by atoms with Crippen molar-refractivity contribution in [3.63, 3.8) is 0 Å². The van der Waals surface area contributed by atoms with Gasteiger partial charge in [-0.05, 0) is 61.4 Å². The van der Waals surface area contributed by atoms with Crippen molar-refractivity contribution in [2.24, 2.45) is 0 Å². The van der Waals surface area contributed by atoms with Crippen LogP contribution in [0, 0.1) is 13.8 Å². The van der Waals surface area contributed by atoms with Gasteiger partial charge in [0.2, 0.25) is 0 Å². The van der Waals surface area contributed by atoms with Crippen LogP contribution in [0.5, 0.6) is 5.75 Å². The lowest BCUT2D eigenvalue weighted by Gasteiger charge is -2.10. The van der Waals surface area contributed by atoms with Crippen molar-refractivity contribution in [3.05, 3.63) is 89.2 Å². The molecule has 146 valence electrons. The number of hydrogen-bond donors (Lipinski definition) is 1. The highest BCUT2D eigenvalue weighted by Gasteiger charge is 2.11. The summed E-state index contributed by atoms with van der Waals surface area (Å²) in [5, 5.41) is 2.95. The number of benzene rings is 3. The molecule has 1 amide bonds. The molecule has 0 atom stereocenters.